The Morgan fingerprint density at radius 2 is 1.80 bits per heavy atom. The molecule has 0 aromatic carbocycles. The smallest absolute Gasteiger partial charge is 0.326 e. The molecule has 35 heavy (non-hydrogen) atoms. The van der Waals surface area contributed by atoms with Gasteiger partial charge in [-0.25, -0.2) is 4.79 Å². The van der Waals surface area contributed by atoms with Crippen LogP contribution in [0.5, 0.6) is 0 Å². The Morgan fingerprint density at radius 3 is 2.37 bits per heavy atom. The van der Waals surface area contributed by atoms with Crippen LogP contribution in [0.4, 0.5) is 0 Å². The number of guanidine groups is 1. The van der Waals surface area contributed by atoms with Crippen LogP contribution in [0.15, 0.2) is 4.99 Å². The second kappa shape index (κ2) is 15.0. The molecule has 0 spiro atoms. The van der Waals surface area contributed by atoms with Crippen LogP contribution in [0.3, 0.4) is 0 Å². The summed E-state index contributed by atoms with van der Waals surface area (Å²) < 4.78 is 0. The minimum Gasteiger partial charge on any atom is -0.481 e. The number of amides is 3. The van der Waals surface area contributed by atoms with Crippen molar-refractivity contribution in [2.24, 2.45) is 22.2 Å². The molecule has 1 rings (SSSR count). The van der Waals surface area contributed by atoms with Gasteiger partial charge in [-0.3, -0.25) is 24.2 Å². The fourth-order valence-corrected chi connectivity index (χ4v) is 4.07. The van der Waals surface area contributed by atoms with Crippen LogP contribution in [-0.2, 0) is 24.0 Å². The highest BCUT2D eigenvalue weighted by Crippen LogP contribution is 2.19. The third-order valence-electron chi connectivity index (χ3n) is 5.35. The maximum absolute atomic E-state index is 13.0. The molecule has 1 heterocycles. The van der Waals surface area contributed by atoms with Gasteiger partial charge in [0.15, 0.2) is 5.96 Å². The normalized spacial score (nSPS) is 17.7. The van der Waals surface area contributed by atoms with Crippen molar-refractivity contribution in [3.8, 4) is 0 Å². The first-order chi connectivity index (χ1) is 16.5. The van der Waals surface area contributed by atoms with Gasteiger partial charge in [-0.2, -0.15) is 11.8 Å². The SMILES string of the molecule is CSCCC(NC(=O)C(CCCN=C(N)N)NC(=O)C1CCCN1C(=O)C(N)CC(=O)O)C(=O)O. The Morgan fingerprint density at radius 1 is 1.11 bits per heavy atom. The largest absolute Gasteiger partial charge is 0.481 e. The molecule has 0 aromatic rings. The number of aliphatic carboxylic acids is 2. The van der Waals surface area contributed by atoms with Crippen molar-refractivity contribution in [2.45, 2.75) is 62.7 Å². The van der Waals surface area contributed by atoms with Gasteiger partial charge >= 0.3 is 11.9 Å². The molecule has 0 bridgehead atoms. The van der Waals surface area contributed by atoms with Gasteiger partial charge in [-0.15, -0.1) is 0 Å². The number of carboxylic acids is 2. The zero-order valence-electron chi connectivity index (χ0n) is 19.6. The van der Waals surface area contributed by atoms with Crippen molar-refractivity contribution in [1.82, 2.24) is 15.5 Å². The number of hydrogen-bond acceptors (Lipinski definition) is 8. The van der Waals surface area contributed by atoms with E-state index in [0.717, 1.165) is 0 Å². The Balaban J connectivity index is 2.95. The zero-order chi connectivity index (χ0) is 26.5. The Kier molecular flexibility index (Phi) is 12.9. The van der Waals surface area contributed by atoms with Crippen molar-refractivity contribution >= 4 is 47.4 Å². The summed E-state index contributed by atoms with van der Waals surface area (Å²) in [7, 11) is 0. The number of carboxylic acid groups (broad SMARTS) is 2. The van der Waals surface area contributed by atoms with E-state index in [1.54, 1.807) is 0 Å². The molecule has 1 saturated heterocycles. The van der Waals surface area contributed by atoms with Gasteiger partial charge in [0.25, 0.3) is 0 Å². The quantitative estimate of drug-likeness (QED) is 0.0688. The summed E-state index contributed by atoms with van der Waals surface area (Å²) in [5.41, 5.74) is 16.3. The number of rotatable bonds is 15. The number of carbonyl (C=O) groups excluding carboxylic acids is 3. The maximum atomic E-state index is 13.0. The monoisotopic (exact) mass is 517 g/mol. The minimum atomic E-state index is -1.30. The predicted molar refractivity (Wildman–Crippen MR) is 129 cm³/mol. The van der Waals surface area contributed by atoms with Crippen LogP contribution in [0.1, 0.15) is 38.5 Å². The van der Waals surface area contributed by atoms with Gasteiger partial charge in [0.05, 0.1) is 12.5 Å². The molecule has 1 aliphatic heterocycles. The molecule has 1 aliphatic rings. The number of nitrogens with two attached hydrogens (primary N) is 3. The van der Waals surface area contributed by atoms with Crippen molar-refractivity contribution in [2.75, 3.05) is 25.1 Å². The molecule has 4 atom stereocenters. The summed E-state index contributed by atoms with van der Waals surface area (Å²) >= 11 is 1.43. The first kappa shape index (κ1) is 30.0. The van der Waals surface area contributed by atoms with Gasteiger partial charge in [0.2, 0.25) is 17.7 Å². The van der Waals surface area contributed by atoms with Gasteiger partial charge in [-0.1, -0.05) is 0 Å². The van der Waals surface area contributed by atoms with Gasteiger partial charge in [0, 0.05) is 13.1 Å². The first-order valence-electron chi connectivity index (χ1n) is 11.1. The second-order valence-electron chi connectivity index (χ2n) is 8.08. The molecule has 198 valence electrons. The summed E-state index contributed by atoms with van der Waals surface area (Å²) in [5, 5.41) is 23.4. The Bertz CT molecular complexity index is 807. The number of aliphatic imine (C=N–C) groups is 1. The van der Waals surface area contributed by atoms with E-state index in [-0.39, 0.29) is 31.9 Å². The van der Waals surface area contributed by atoms with E-state index in [2.05, 4.69) is 15.6 Å². The summed E-state index contributed by atoms with van der Waals surface area (Å²) in [6, 6.07) is -4.46. The third-order valence-corrected chi connectivity index (χ3v) is 6.00. The molecule has 0 radical (unpaired) electrons. The van der Waals surface area contributed by atoms with Crippen LogP contribution < -0.4 is 27.8 Å². The average molecular weight is 518 g/mol. The fourth-order valence-electron chi connectivity index (χ4n) is 3.60. The molecular weight excluding hydrogens is 482 g/mol. The van der Waals surface area contributed by atoms with E-state index in [9.17, 15) is 29.1 Å². The lowest BCUT2D eigenvalue weighted by atomic mass is 10.1. The van der Waals surface area contributed by atoms with Gasteiger partial charge in [-0.05, 0) is 44.1 Å². The molecule has 15 heteroatoms. The molecular formula is C20H35N7O7S. The number of carbonyl (C=O) groups is 5. The minimum absolute atomic E-state index is 0.114. The molecule has 10 N–H and O–H groups in total. The standard InChI is InChI=1S/C20H35N7O7S/c1-35-9-6-13(19(33)34)26-16(30)12(4-2-7-24-20(22)23)25-17(31)14-5-3-8-27(14)18(32)11(21)10-15(28)29/h11-14H,2-10,21H2,1H3,(H,25,31)(H,26,30)(H,28,29)(H,33,34)(H4,22,23,24). The third kappa shape index (κ3) is 10.4. The number of thioether (sulfide) groups is 1. The summed E-state index contributed by atoms with van der Waals surface area (Å²) in [5.74, 6) is -4.02. The first-order valence-corrected chi connectivity index (χ1v) is 12.5. The number of hydrogen-bond donors (Lipinski definition) is 7. The Hall–Kier alpha value is -3.07. The average Bonchev–Trinajstić information content (AvgIpc) is 3.27. The lowest BCUT2D eigenvalue weighted by molar-refractivity contribution is -0.144. The number of likely N-dealkylation sites (tertiary alicyclic amines) is 1. The van der Waals surface area contributed by atoms with Crippen LogP contribution >= 0.6 is 11.8 Å². The lowest BCUT2D eigenvalue weighted by Crippen LogP contribution is -2.56. The van der Waals surface area contributed by atoms with Crippen LogP contribution in [0.25, 0.3) is 0 Å². The molecule has 1 fully saturated rings. The summed E-state index contributed by atoms with van der Waals surface area (Å²) in [4.78, 5) is 66.0. The number of nitrogens with zero attached hydrogens (tertiary/aromatic N) is 2. The fraction of sp³-hybridized carbons (Fsp3) is 0.700. The molecule has 0 aromatic heterocycles. The highest BCUT2D eigenvalue weighted by molar-refractivity contribution is 7.98. The van der Waals surface area contributed by atoms with Crippen molar-refractivity contribution in [1.29, 1.82) is 0 Å². The summed E-state index contributed by atoms with van der Waals surface area (Å²) in [6.07, 6.45) is 2.67. The highest BCUT2D eigenvalue weighted by atomic mass is 32.2. The predicted octanol–water partition coefficient (Wildman–Crippen LogP) is -2.36. The van der Waals surface area contributed by atoms with Crippen LogP contribution in [0.2, 0.25) is 0 Å². The summed E-state index contributed by atoms with van der Waals surface area (Å²) in [6.45, 7) is 0.413. The van der Waals surface area contributed by atoms with E-state index in [1.165, 1.54) is 16.7 Å². The van der Waals surface area contributed by atoms with E-state index < -0.39 is 60.2 Å². The van der Waals surface area contributed by atoms with Crippen molar-refractivity contribution < 1.29 is 34.2 Å². The molecule has 0 aliphatic carbocycles. The lowest BCUT2D eigenvalue weighted by Gasteiger charge is -2.28. The highest BCUT2D eigenvalue weighted by Gasteiger charge is 2.38. The van der Waals surface area contributed by atoms with Crippen molar-refractivity contribution in [3.05, 3.63) is 0 Å². The van der Waals surface area contributed by atoms with Crippen LogP contribution in [-0.4, -0.2) is 100.0 Å². The molecule has 14 nitrogen and oxygen atoms in total. The molecule has 3 amide bonds. The van der Waals surface area contributed by atoms with E-state index in [4.69, 9.17) is 22.3 Å². The van der Waals surface area contributed by atoms with Gasteiger partial charge < -0.3 is 42.9 Å². The zero-order valence-corrected chi connectivity index (χ0v) is 20.5. The topological polar surface area (TPSA) is 244 Å². The molecule has 4 unspecified atom stereocenters. The van der Waals surface area contributed by atoms with E-state index >= 15 is 0 Å². The van der Waals surface area contributed by atoms with Crippen molar-refractivity contribution in [3.63, 3.8) is 0 Å². The van der Waals surface area contributed by atoms with Crippen LogP contribution in [0, 0.1) is 0 Å². The van der Waals surface area contributed by atoms with Gasteiger partial charge in [0.1, 0.15) is 18.1 Å². The Labute approximate surface area is 207 Å². The number of nitrogens with one attached hydrogen (secondary N) is 2. The van der Waals surface area contributed by atoms with E-state index in [1.807, 2.05) is 6.26 Å². The van der Waals surface area contributed by atoms with E-state index in [0.29, 0.717) is 25.0 Å². The second-order valence-corrected chi connectivity index (χ2v) is 9.07. The molecule has 0 saturated carbocycles. The maximum Gasteiger partial charge on any atom is 0.326 e.